The van der Waals surface area contributed by atoms with Gasteiger partial charge in [-0.1, -0.05) is 40.7 Å². The molecule has 0 radical (unpaired) electrons. The van der Waals surface area contributed by atoms with E-state index in [0.717, 1.165) is 19.3 Å². The quantitative estimate of drug-likeness (QED) is 0.703. The Morgan fingerprint density at radius 2 is 2.00 bits per heavy atom. The highest BCUT2D eigenvalue weighted by atomic mass is 16.3. The number of rotatable bonds is 5. The summed E-state index contributed by atoms with van der Waals surface area (Å²) < 4.78 is 0. The average Bonchev–Trinajstić information content (AvgIpc) is 2.41. The van der Waals surface area contributed by atoms with Crippen molar-refractivity contribution in [2.75, 3.05) is 0 Å². The Morgan fingerprint density at radius 1 is 1.41 bits per heavy atom. The van der Waals surface area contributed by atoms with Gasteiger partial charge in [-0.25, -0.2) is 0 Å². The predicted molar refractivity (Wildman–Crippen MR) is 74.9 cm³/mol. The fourth-order valence-corrected chi connectivity index (χ4v) is 3.79. The van der Waals surface area contributed by atoms with E-state index >= 15 is 0 Å². The molecule has 100 valence electrons. The smallest absolute Gasteiger partial charge is 0.0717 e. The van der Waals surface area contributed by atoms with Crippen molar-refractivity contribution in [3.8, 4) is 0 Å². The van der Waals surface area contributed by atoms with E-state index in [0.29, 0.717) is 17.8 Å². The summed E-state index contributed by atoms with van der Waals surface area (Å²) in [4.78, 5) is 0. The largest absolute Gasteiger partial charge is 0.389 e. The van der Waals surface area contributed by atoms with Gasteiger partial charge in [0.1, 0.15) is 0 Å². The van der Waals surface area contributed by atoms with Crippen molar-refractivity contribution >= 4 is 0 Å². The van der Waals surface area contributed by atoms with Gasteiger partial charge in [0.15, 0.2) is 0 Å². The Labute approximate surface area is 107 Å². The first-order chi connectivity index (χ1) is 7.74. The third-order valence-electron chi connectivity index (χ3n) is 4.96. The van der Waals surface area contributed by atoms with Gasteiger partial charge in [-0.3, -0.25) is 0 Å². The predicted octanol–water partition coefficient (Wildman–Crippen LogP) is 4.41. The molecule has 1 aliphatic carbocycles. The molecule has 0 aromatic carbocycles. The van der Waals surface area contributed by atoms with Crippen LogP contribution in [0, 0.1) is 23.2 Å². The molecule has 3 unspecified atom stereocenters. The van der Waals surface area contributed by atoms with Crippen molar-refractivity contribution in [3.05, 3.63) is 12.7 Å². The summed E-state index contributed by atoms with van der Waals surface area (Å²) in [5.41, 5.74) is -0.309. The van der Waals surface area contributed by atoms with E-state index in [1.807, 2.05) is 6.08 Å². The van der Waals surface area contributed by atoms with Crippen LogP contribution in [-0.4, -0.2) is 10.7 Å². The maximum Gasteiger partial charge on any atom is 0.0717 e. The van der Waals surface area contributed by atoms with Gasteiger partial charge >= 0.3 is 0 Å². The lowest BCUT2D eigenvalue weighted by molar-refractivity contribution is -0.0727. The van der Waals surface area contributed by atoms with E-state index in [9.17, 15) is 5.11 Å². The minimum atomic E-state index is -0.551. The molecule has 0 amide bonds. The van der Waals surface area contributed by atoms with Crippen molar-refractivity contribution in [3.63, 3.8) is 0 Å². The first-order valence-corrected chi connectivity index (χ1v) is 7.07. The summed E-state index contributed by atoms with van der Waals surface area (Å²) in [7, 11) is 0. The summed E-state index contributed by atoms with van der Waals surface area (Å²) in [5.74, 6) is 1.65. The minimum Gasteiger partial charge on any atom is -0.389 e. The van der Waals surface area contributed by atoms with Crippen LogP contribution >= 0.6 is 0 Å². The molecule has 0 bridgehead atoms. The van der Waals surface area contributed by atoms with Gasteiger partial charge in [0.05, 0.1) is 5.60 Å². The van der Waals surface area contributed by atoms with Gasteiger partial charge in [0.25, 0.3) is 0 Å². The van der Waals surface area contributed by atoms with Crippen LogP contribution in [-0.2, 0) is 0 Å². The zero-order valence-electron chi connectivity index (χ0n) is 12.3. The Hall–Kier alpha value is -0.300. The fourth-order valence-electron chi connectivity index (χ4n) is 3.79. The molecule has 1 heteroatoms. The van der Waals surface area contributed by atoms with Crippen LogP contribution in [0.4, 0.5) is 0 Å². The molecular weight excluding hydrogens is 208 g/mol. The van der Waals surface area contributed by atoms with Crippen LogP contribution in [0.15, 0.2) is 12.7 Å². The zero-order valence-corrected chi connectivity index (χ0v) is 12.3. The molecule has 0 heterocycles. The van der Waals surface area contributed by atoms with E-state index < -0.39 is 5.60 Å². The van der Waals surface area contributed by atoms with Crippen LogP contribution in [0.25, 0.3) is 0 Å². The number of hydrogen-bond donors (Lipinski definition) is 1. The highest BCUT2D eigenvalue weighted by Crippen LogP contribution is 2.53. The average molecular weight is 238 g/mol. The van der Waals surface area contributed by atoms with Gasteiger partial charge in [-0.05, 0) is 48.9 Å². The van der Waals surface area contributed by atoms with Crippen molar-refractivity contribution in [1.29, 1.82) is 0 Å². The SMILES string of the molecule is C=CCC(O)(CC(C)C)C1CCC(C)C1(C)C. The molecule has 0 aromatic heterocycles. The van der Waals surface area contributed by atoms with Crippen molar-refractivity contribution in [2.24, 2.45) is 23.2 Å². The molecule has 3 atom stereocenters. The number of hydrogen-bond acceptors (Lipinski definition) is 1. The first-order valence-electron chi connectivity index (χ1n) is 7.07. The molecular formula is C16H30O. The van der Waals surface area contributed by atoms with Crippen LogP contribution in [0.2, 0.25) is 0 Å². The second-order valence-electron chi connectivity index (χ2n) is 7.05. The Balaban J connectivity index is 2.95. The second-order valence-corrected chi connectivity index (χ2v) is 7.05. The molecule has 0 aromatic rings. The van der Waals surface area contributed by atoms with E-state index in [1.165, 1.54) is 6.42 Å². The molecule has 1 saturated carbocycles. The molecule has 0 spiro atoms. The van der Waals surface area contributed by atoms with Gasteiger partial charge in [0, 0.05) is 0 Å². The summed E-state index contributed by atoms with van der Waals surface area (Å²) in [5, 5.41) is 11.1. The van der Waals surface area contributed by atoms with E-state index in [-0.39, 0.29) is 5.41 Å². The molecule has 17 heavy (non-hydrogen) atoms. The van der Waals surface area contributed by atoms with Crippen LogP contribution in [0.3, 0.4) is 0 Å². The minimum absolute atomic E-state index is 0.243. The van der Waals surface area contributed by atoms with Gasteiger partial charge in [0.2, 0.25) is 0 Å². The number of aliphatic hydroxyl groups is 1. The molecule has 0 saturated heterocycles. The maximum absolute atomic E-state index is 11.1. The van der Waals surface area contributed by atoms with Crippen molar-refractivity contribution < 1.29 is 5.11 Å². The van der Waals surface area contributed by atoms with E-state index in [1.54, 1.807) is 0 Å². The van der Waals surface area contributed by atoms with Crippen LogP contribution in [0.5, 0.6) is 0 Å². The Morgan fingerprint density at radius 3 is 2.35 bits per heavy atom. The van der Waals surface area contributed by atoms with E-state index in [2.05, 4.69) is 41.2 Å². The van der Waals surface area contributed by atoms with Gasteiger partial charge in [-0.15, -0.1) is 6.58 Å². The summed E-state index contributed by atoms with van der Waals surface area (Å²) in [6, 6.07) is 0. The third kappa shape index (κ3) is 2.93. The zero-order chi connectivity index (χ0) is 13.3. The van der Waals surface area contributed by atoms with Crippen LogP contribution in [0.1, 0.15) is 60.3 Å². The van der Waals surface area contributed by atoms with Gasteiger partial charge in [-0.2, -0.15) is 0 Å². The molecule has 1 N–H and O–H groups in total. The first kappa shape index (κ1) is 14.8. The fraction of sp³-hybridized carbons (Fsp3) is 0.875. The Bertz CT molecular complexity index is 267. The lowest BCUT2D eigenvalue weighted by Crippen LogP contribution is -2.45. The van der Waals surface area contributed by atoms with Gasteiger partial charge < -0.3 is 5.11 Å². The van der Waals surface area contributed by atoms with E-state index in [4.69, 9.17) is 0 Å². The molecule has 1 aliphatic rings. The maximum atomic E-state index is 11.1. The van der Waals surface area contributed by atoms with Crippen LogP contribution < -0.4 is 0 Å². The van der Waals surface area contributed by atoms with Crippen molar-refractivity contribution in [1.82, 2.24) is 0 Å². The Kier molecular flexibility index (Phi) is 4.46. The summed E-state index contributed by atoms with van der Waals surface area (Å²) in [6.07, 6.45) is 5.91. The van der Waals surface area contributed by atoms with Crippen molar-refractivity contribution in [2.45, 2.75) is 65.9 Å². The monoisotopic (exact) mass is 238 g/mol. The topological polar surface area (TPSA) is 20.2 Å². The summed E-state index contributed by atoms with van der Waals surface area (Å²) >= 11 is 0. The lowest BCUT2D eigenvalue weighted by atomic mass is 9.65. The lowest BCUT2D eigenvalue weighted by Gasteiger charge is -2.43. The summed E-state index contributed by atoms with van der Waals surface area (Å²) in [6.45, 7) is 15.2. The highest BCUT2D eigenvalue weighted by molar-refractivity contribution is 5.03. The second kappa shape index (κ2) is 5.14. The molecule has 1 nitrogen and oxygen atoms in total. The molecule has 0 aliphatic heterocycles. The highest BCUT2D eigenvalue weighted by Gasteiger charge is 2.50. The normalized spacial score (nSPS) is 31.5. The molecule has 1 fully saturated rings. The third-order valence-corrected chi connectivity index (χ3v) is 4.96. The molecule has 1 rings (SSSR count). The standard InChI is InChI=1S/C16H30O/c1-7-10-16(17,11-12(2)3)14-9-8-13(4)15(14,5)6/h7,12-14,17H,1,8-11H2,2-6H3.